The maximum absolute atomic E-state index is 12.0. The Labute approximate surface area is 132 Å². The number of carbonyl (C=O) groups excluding carboxylic acids is 1. The van der Waals surface area contributed by atoms with Crippen LogP contribution in [0.2, 0.25) is 5.02 Å². The van der Waals surface area contributed by atoms with Gasteiger partial charge < -0.3 is 10.2 Å². The summed E-state index contributed by atoms with van der Waals surface area (Å²) in [6, 6.07) is 7.99. The maximum Gasteiger partial charge on any atom is 0.222 e. The largest absolute Gasteiger partial charge is 0.340 e. The second-order valence-electron chi connectivity index (χ2n) is 5.49. The first-order chi connectivity index (χ1) is 10.2. The molecule has 4 nitrogen and oxygen atoms in total. The fraction of sp³-hybridized carbons (Fsp3) is 0.562. The minimum Gasteiger partial charge on any atom is -0.340 e. The van der Waals surface area contributed by atoms with Crippen LogP contribution in [0.1, 0.15) is 18.4 Å². The molecular formula is C16H24ClN3O. The Bertz CT molecular complexity index is 459. The molecule has 1 aliphatic heterocycles. The lowest BCUT2D eigenvalue weighted by Gasteiger charge is -2.34. The molecule has 1 amide bonds. The number of amides is 1. The van der Waals surface area contributed by atoms with Crippen LogP contribution >= 0.6 is 11.6 Å². The van der Waals surface area contributed by atoms with Crippen molar-refractivity contribution in [1.82, 2.24) is 15.1 Å². The summed E-state index contributed by atoms with van der Waals surface area (Å²) in [6.45, 7) is 5.34. The Morgan fingerprint density at radius 3 is 2.71 bits per heavy atom. The molecule has 1 aromatic carbocycles. The van der Waals surface area contributed by atoms with E-state index in [0.717, 1.165) is 50.7 Å². The van der Waals surface area contributed by atoms with Gasteiger partial charge in [0.15, 0.2) is 0 Å². The van der Waals surface area contributed by atoms with Crippen LogP contribution in [0, 0.1) is 0 Å². The molecule has 1 fully saturated rings. The van der Waals surface area contributed by atoms with Gasteiger partial charge in [0.1, 0.15) is 0 Å². The van der Waals surface area contributed by atoms with Crippen molar-refractivity contribution in [2.45, 2.75) is 19.4 Å². The van der Waals surface area contributed by atoms with E-state index < -0.39 is 0 Å². The molecule has 21 heavy (non-hydrogen) atoms. The first kappa shape index (κ1) is 16.3. The molecule has 0 spiro atoms. The van der Waals surface area contributed by atoms with Crippen LogP contribution in [0.3, 0.4) is 0 Å². The Morgan fingerprint density at radius 1 is 1.29 bits per heavy atom. The van der Waals surface area contributed by atoms with Gasteiger partial charge in [-0.05, 0) is 37.7 Å². The van der Waals surface area contributed by atoms with E-state index in [-0.39, 0.29) is 5.91 Å². The number of hydrogen-bond donors (Lipinski definition) is 1. The normalized spacial score (nSPS) is 16.2. The third-order valence-corrected chi connectivity index (χ3v) is 4.07. The molecule has 0 aliphatic carbocycles. The average Bonchev–Trinajstić information content (AvgIpc) is 2.48. The van der Waals surface area contributed by atoms with Crippen molar-refractivity contribution in [2.24, 2.45) is 0 Å². The lowest BCUT2D eigenvalue weighted by Crippen LogP contribution is -2.48. The summed E-state index contributed by atoms with van der Waals surface area (Å²) in [5.41, 5.74) is 1.23. The first-order valence-electron chi connectivity index (χ1n) is 7.58. The van der Waals surface area contributed by atoms with Gasteiger partial charge in [0, 0.05) is 44.2 Å². The summed E-state index contributed by atoms with van der Waals surface area (Å²) in [4.78, 5) is 16.4. The van der Waals surface area contributed by atoms with Crippen molar-refractivity contribution in [1.29, 1.82) is 0 Å². The molecule has 0 unspecified atom stereocenters. The Morgan fingerprint density at radius 2 is 2.05 bits per heavy atom. The van der Waals surface area contributed by atoms with Crippen molar-refractivity contribution in [3.63, 3.8) is 0 Å². The van der Waals surface area contributed by atoms with Crippen molar-refractivity contribution in [3.05, 3.63) is 34.9 Å². The fourth-order valence-corrected chi connectivity index (χ4v) is 2.84. The minimum absolute atomic E-state index is 0.285. The summed E-state index contributed by atoms with van der Waals surface area (Å²) in [6.07, 6.45) is 1.56. The third-order valence-electron chi connectivity index (χ3n) is 3.84. The van der Waals surface area contributed by atoms with E-state index in [0.29, 0.717) is 6.42 Å². The average molecular weight is 310 g/mol. The SMILES string of the molecule is CNCCCC(=O)N1CCN(Cc2cccc(Cl)c2)CC1. The predicted octanol–water partition coefficient (Wildman–Crippen LogP) is 1.98. The second-order valence-corrected chi connectivity index (χ2v) is 5.93. The summed E-state index contributed by atoms with van der Waals surface area (Å²) >= 11 is 6.01. The van der Waals surface area contributed by atoms with Crippen molar-refractivity contribution < 1.29 is 4.79 Å². The molecule has 1 aromatic rings. The number of halogens is 1. The van der Waals surface area contributed by atoms with E-state index in [9.17, 15) is 4.79 Å². The van der Waals surface area contributed by atoms with Crippen LogP contribution < -0.4 is 5.32 Å². The number of benzene rings is 1. The standard InChI is InChI=1S/C16H24ClN3O/c1-18-7-3-6-16(21)20-10-8-19(9-11-20)13-14-4-2-5-15(17)12-14/h2,4-5,12,18H,3,6-11,13H2,1H3. The van der Waals surface area contributed by atoms with Crippen LogP contribution in [0.25, 0.3) is 0 Å². The predicted molar refractivity (Wildman–Crippen MR) is 86.5 cm³/mol. The van der Waals surface area contributed by atoms with Gasteiger partial charge in [-0.25, -0.2) is 0 Å². The molecule has 116 valence electrons. The van der Waals surface area contributed by atoms with Crippen LogP contribution in [-0.2, 0) is 11.3 Å². The van der Waals surface area contributed by atoms with Crippen LogP contribution in [0.4, 0.5) is 0 Å². The first-order valence-corrected chi connectivity index (χ1v) is 7.96. The number of piperazine rings is 1. The van der Waals surface area contributed by atoms with E-state index >= 15 is 0 Å². The highest BCUT2D eigenvalue weighted by atomic mass is 35.5. The van der Waals surface area contributed by atoms with Crippen LogP contribution in [0.15, 0.2) is 24.3 Å². The van der Waals surface area contributed by atoms with Crippen LogP contribution in [0.5, 0.6) is 0 Å². The lowest BCUT2D eigenvalue weighted by atomic mass is 10.2. The number of nitrogens with zero attached hydrogens (tertiary/aromatic N) is 2. The van der Waals surface area contributed by atoms with Gasteiger partial charge in [0.05, 0.1) is 0 Å². The molecular weight excluding hydrogens is 286 g/mol. The fourth-order valence-electron chi connectivity index (χ4n) is 2.62. The Hall–Kier alpha value is -1.10. The summed E-state index contributed by atoms with van der Waals surface area (Å²) in [7, 11) is 1.92. The topological polar surface area (TPSA) is 35.6 Å². The van der Waals surface area contributed by atoms with Gasteiger partial charge in [-0.3, -0.25) is 9.69 Å². The zero-order valence-electron chi connectivity index (χ0n) is 12.6. The molecule has 1 aliphatic rings. The summed E-state index contributed by atoms with van der Waals surface area (Å²) in [5, 5.41) is 3.86. The quantitative estimate of drug-likeness (QED) is 0.816. The smallest absolute Gasteiger partial charge is 0.222 e. The van der Waals surface area contributed by atoms with Gasteiger partial charge in [-0.15, -0.1) is 0 Å². The zero-order valence-corrected chi connectivity index (χ0v) is 13.4. The van der Waals surface area contributed by atoms with Gasteiger partial charge >= 0.3 is 0 Å². The van der Waals surface area contributed by atoms with Crippen molar-refractivity contribution in [3.8, 4) is 0 Å². The monoisotopic (exact) mass is 309 g/mol. The molecule has 0 bridgehead atoms. The van der Waals surface area contributed by atoms with Gasteiger partial charge in [-0.2, -0.15) is 0 Å². The van der Waals surface area contributed by atoms with Gasteiger partial charge in [-0.1, -0.05) is 23.7 Å². The third kappa shape index (κ3) is 5.30. The number of carbonyl (C=O) groups is 1. The van der Waals surface area contributed by atoms with Crippen molar-refractivity contribution >= 4 is 17.5 Å². The molecule has 1 N–H and O–H groups in total. The molecule has 1 saturated heterocycles. The van der Waals surface area contributed by atoms with Crippen LogP contribution in [-0.4, -0.2) is 55.5 Å². The van der Waals surface area contributed by atoms with Crippen molar-refractivity contribution in [2.75, 3.05) is 39.8 Å². The number of nitrogens with one attached hydrogen (secondary N) is 1. The minimum atomic E-state index is 0.285. The molecule has 0 saturated carbocycles. The Kier molecular flexibility index (Phi) is 6.49. The molecule has 0 radical (unpaired) electrons. The number of hydrogen-bond acceptors (Lipinski definition) is 3. The lowest BCUT2D eigenvalue weighted by molar-refractivity contribution is -0.133. The maximum atomic E-state index is 12.0. The zero-order chi connectivity index (χ0) is 15.1. The molecule has 5 heteroatoms. The molecule has 0 aromatic heterocycles. The van der Waals surface area contributed by atoms with Gasteiger partial charge in [0.25, 0.3) is 0 Å². The number of rotatable bonds is 6. The van der Waals surface area contributed by atoms with Gasteiger partial charge in [0.2, 0.25) is 5.91 Å². The molecule has 2 rings (SSSR count). The van der Waals surface area contributed by atoms with E-state index in [4.69, 9.17) is 11.6 Å². The highest BCUT2D eigenvalue weighted by Crippen LogP contribution is 2.14. The van der Waals surface area contributed by atoms with E-state index in [2.05, 4.69) is 16.3 Å². The molecule has 1 heterocycles. The van der Waals surface area contributed by atoms with E-state index in [1.165, 1.54) is 5.56 Å². The van der Waals surface area contributed by atoms with E-state index in [1.807, 2.05) is 30.1 Å². The Balaban J connectivity index is 1.74. The summed E-state index contributed by atoms with van der Waals surface area (Å²) in [5.74, 6) is 0.285. The molecule has 0 atom stereocenters. The highest BCUT2D eigenvalue weighted by Gasteiger charge is 2.20. The highest BCUT2D eigenvalue weighted by molar-refractivity contribution is 6.30. The summed E-state index contributed by atoms with van der Waals surface area (Å²) < 4.78 is 0. The van der Waals surface area contributed by atoms with E-state index in [1.54, 1.807) is 0 Å². The second kappa shape index (κ2) is 8.37.